The summed E-state index contributed by atoms with van der Waals surface area (Å²) in [4.78, 5) is 15.6. The summed E-state index contributed by atoms with van der Waals surface area (Å²) in [7, 11) is 1.60. The predicted octanol–water partition coefficient (Wildman–Crippen LogP) is 3.05. The molecule has 24 heavy (non-hydrogen) atoms. The monoisotopic (exact) mass is 329 g/mol. The number of aromatic nitrogens is 1. The van der Waals surface area contributed by atoms with Crippen LogP contribution in [-0.4, -0.2) is 24.7 Å². The molecule has 0 fully saturated rings. The standard InChI is InChI=1S/C18H23N3O3/c1-4-20-18(22)21-13(2)15-5-6-16(17(11-15)23-3)24-12-14-7-9-19-10-8-14/h5-11,13H,4,12H2,1-3H3,(H2,20,21,22)/t13-/m0/s1. The van der Waals surface area contributed by atoms with Crippen LogP contribution in [0.3, 0.4) is 0 Å². The van der Waals surface area contributed by atoms with Crippen molar-refractivity contribution in [1.29, 1.82) is 0 Å². The molecule has 0 spiro atoms. The van der Waals surface area contributed by atoms with E-state index in [0.29, 0.717) is 24.7 Å². The number of hydrogen-bond donors (Lipinski definition) is 2. The first kappa shape index (κ1) is 17.6. The van der Waals surface area contributed by atoms with Crippen molar-refractivity contribution in [2.75, 3.05) is 13.7 Å². The molecule has 0 aliphatic carbocycles. The number of urea groups is 1. The maximum absolute atomic E-state index is 11.6. The maximum Gasteiger partial charge on any atom is 0.315 e. The number of carbonyl (C=O) groups excluding carboxylic acids is 1. The van der Waals surface area contributed by atoms with Crippen molar-refractivity contribution in [1.82, 2.24) is 15.6 Å². The van der Waals surface area contributed by atoms with Crippen LogP contribution < -0.4 is 20.1 Å². The highest BCUT2D eigenvalue weighted by atomic mass is 16.5. The fourth-order valence-electron chi connectivity index (χ4n) is 2.20. The number of pyridine rings is 1. The summed E-state index contributed by atoms with van der Waals surface area (Å²) >= 11 is 0. The first-order valence-electron chi connectivity index (χ1n) is 7.88. The highest BCUT2D eigenvalue weighted by molar-refractivity contribution is 5.74. The maximum atomic E-state index is 11.6. The molecule has 2 N–H and O–H groups in total. The number of hydrogen-bond acceptors (Lipinski definition) is 4. The van der Waals surface area contributed by atoms with Gasteiger partial charge in [-0.15, -0.1) is 0 Å². The van der Waals surface area contributed by atoms with Crippen molar-refractivity contribution in [3.05, 3.63) is 53.9 Å². The summed E-state index contributed by atoms with van der Waals surface area (Å²) in [5.41, 5.74) is 1.97. The summed E-state index contributed by atoms with van der Waals surface area (Å²) in [6.45, 7) is 4.82. The van der Waals surface area contributed by atoms with Crippen molar-refractivity contribution >= 4 is 6.03 Å². The van der Waals surface area contributed by atoms with E-state index >= 15 is 0 Å². The zero-order valence-corrected chi connectivity index (χ0v) is 14.2. The van der Waals surface area contributed by atoms with E-state index in [2.05, 4.69) is 15.6 Å². The quantitative estimate of drug-likeness (QED) is 0.819. The van der Waals surface area contributed by atoms with Gasteiger partial charge in [-0.25, -0.2) is 4.79 Å². The van der Waals surface area contributed by atoms with Crippen LogP contribution in [0.2, 0.25) is 0 Å². The fraction of sp³-hybridized carbons (Fsp3) is 0.333. The highest BCUT2D eigenvalue weighted by Crippen LogP contribution is 2.30. The minimum atomic E-state index is -0.193. The molecule has 2 amide bonds. The molecule has 0 saturated carbocycles. The fourth-order valence-corrected chi connectivity index (χ4v) is 2.20. The number of rotatable bonds is 7. The van der Waals surface area contributed by atoms with Gasteiger partial charge in [-0.05, 0) is 49.2 Å². The molecule has 1 atom stereocenters. The lowest BCUT2D eigenvalue weighted by Gasteiger charge is -2.17. The Morgan fingerprint density at radius 2 is 1.96 bits per heavy atom. The van der Waals surface area contributed by atoms with E-state index in [4.69, 9.17) is 9.47 Å². The summed E-state index contributed by atoms with van der Waals surface area (Å²) in [5.74, 6) is 1.29. The van der Waals surface area contributed by atoms with Gasteiger partial charge in [0.15, 0.2) is 11.5 Å². The van der Waals surface area contributed by atoms with Gasteiger partial charge >= 0.3 is 6.03 Å². The Morgan fingerprint density at radius 1 is 1.21 bits per heavy atom. The molecule has 0 aliphatic rings. The molecule has 128 valence electrons. The highest BCUT2D eigenvalue weighted by Gasteiger charge is 2.12. The third-order valence-corrected chi connectivity index (χ3v) is 3.52. The van der Waals surface area contributed by atoms with Crippen LogP contribution in [0.5, 0.6) is 11.5 Å². The molecular formula is C18H23N3O3. The van der Waals surface area contributed by atoms with Gasteiger partial charge in [-0.3, -0.25) is 4.98 Å². The number of benzene rings is 1. The SMILES string of the molecule is CCNC(=O)N[C@@H](C)c1ccc(OCc2ccncc2)c(OC)c1. The normalized spacial score (nSPS) is 11.5. The summed E-state index contributed by atoms with van der Waals surface area (Å²) in [5, 5.41) is 5.59. The Kier molecular flexibility index (Phi) is 6.42. The van der Waals surface area contributed by atoms with E-state index in [0.717, 1.165) is 11.1 Å². The average molecular weight is 329 g/mol. The Morgan fingerprint density at radius 3 is 2.62 bits per heavy atom. The molecule has 0 aliphatic heterocycles. The minimum Gasteiger partial charge on any atom is -0.493 e. The number of nitrogens with one attached hydrogen (secondary N) is 2. The number of amides is 2. The van der Waals surface area contributed by atoms with Crippen LogP contribution in [0.15, 0.2) is 42.7 Å². The molecule has 6 heteroatoms. The summed E-state index contributed by atoms with van der Waals surface area (Å²) in [6, 6.07) is 9.12. The third kappa shape index (κ3) is 4.87. The van der Waals surface area contributed by atoms with Crippen LogP contribution >= 0.6 is 0 Å². The Hall–Kier alpha value is -2.76. The van der Waals surface area contributed by atoms with Gasteiger partial charge in [0, 0.05) is 18.9 Å². The topological polar surface area (TPSA) is 72.5 Å². The first-order chi connectivity index (χ1) is 11.6. The molecule has 0 unspecified atom stereocenters. The van der Waals surface area contributed by atoms with Gasteiger partial charge in [-0.1, -0.05) is 6.07 Å². The third-order valence-electron chi connectivity index (χ3n) is 3.52. The first-order valence-corrected chi connectivity index (χ1v) is 7.88. The van der Waals surface area contributed by atoms with Gasteiger partial charge in [0.05, 0.1) is 13.2 Å². The smallest absolute Gasteiger partial charge is 0.315 e. The minimum absolute atomic E-state index is 0.139. The lowest BCUT2D eigenvalue weighted by molar-refractivity contribution is 0.238. The molecule has 2 rings (SSSR count). The van der Waals surface area contributed by atoms with Crippen molar-refractivity contribution in [2.24, 2.45) is 0 Å². The van der Waals surface area contributed by atoms with Gasteiger partial charge in [0.25, 0.3) is 0 Å². The Balaban J connectivity index is 2.05. The van der Waals surface area contributed by atoms with Gasteiger partial charge < -0.3 is 20.1 Å². The predicted molar refractivity (Wildman–Crippen MR) is 92.2 cm³/mol. The van der Waals surface area contributed by atoms with Crippen LogP contribution in [0.1, 0.15) is 31.0 Å². The molecule has 1 aromatic carbocycles. The van der Waals surface area contributed by atoms with E-state index in [1.54, 1.807) is 19.5 Å². The largest absolute Gasteiger partial charge is 0.493 e. The van der Waals surface area contributed by atoms with Crippen molar-refractivity contribution in [3.8, 4) is 11.5 Å². The van der Waals surface area contributed by atoms with E-state index in [-0.39, 0.29) is 12.1 Å². The molecule has 6 nitrogen and oxygen atoms in total. The van der Waals surface area contributed by atoms with Gasteiger partial charge in [0.2, 0.25) is 0 Å². The van der Waals surface area contributed by atoms with Crippen LogP contribution in [0, 0.1) is 0 Å². The van der Waals surface area contributed by atoms with Crippen molar-refractivity contribution in [2.45, 2.75) is 26.5 Å². The number of methoxy groups -OCH3 is 1. The second-order valence-electron chi connectivity index (χ2n) is 5.28. The van der Waals surface area contributed by atoms with E-state index in [1.807, 2.05) is 44.2 Å². The summed E-state index contributed by atoms with van der Waals surface area (Å²) in [6.07, 6.45) is 3.46. The van der Waals surface area contributed by atoms with E-state index in [9.17, 15) is 4.79 Å². The summed E-state index contributed by atoms with van der Waals surface area (Å²) < 4.78 is 11.2. The molecular weight excluding hydrogens is 306 g/mol. The van der Waals surface area contributed by atoms with E-state index in [1.165, 1.54) is 0 Å². The molecule has 2 aromatic rings. The second-order valence-corrected chi connectivity index (χ2v) is 5.28. The number of ether oxygens (including phenoxy) is 2. The molecule has 1 aromatic heterocycles. The van der Waals surface area contributed by atoms with Crippen molar-refractivity contribution < 1.29 is 14.3 Å². The Labute approximate surface area is 142 Å². The van der Waals surface area contributed by atoms with Gasteiger partial charge in [-0.2, -0.15) is 0 Å². The zero-order valence-electron chi connectivity index (χ0n) is 14.2. The van der Waals surface area contributed by atoms with Crippen molar-refractivity contribution in [3.63, 3.8) is 0 Å². The van der Waals surface area contributed by atoms with Crippen LogP contribution in [0.4, 0.5) is 4.79 Å². The average Bonchev–Trinajstić information content (AvgIpc) is 2.60. The zero-order chi connectivity index (χ0) is 17.4. The lowest BCUT2D eigenvalue weighted by atomic mass is 10.1. The van der Waals surface area contributed by atoms with Gasteiger partial charge in [0.1, 0.15) is 6.61 Å². The van der Waals surface area contributed by atoms with E-state index < -0.39 is 0 Å². The number of nitrogens with zero attached hydrogens (tertiary/aromatic N) is 1. The van der Waals surface area contributed by atoms with Crippen LogP contribution in [0.25, 0.3) is 0 Å². The second kappa shape index (κ2) is 8.76. The molecule has 0 bridgehead atoms. The van der Waals surface area contributed by atoms with Crippen LogP contribution in [-0.2, 0) is 6.61 Å². The lowest BCUT2D eigenvalue weighted by Crippen LogP contribution is -2.36. The molecule has 0 radical (unpaired) electrons. The molecule has 1 heterocycles. The Bertz CT molecular complexity index is 662. The molecule has 0 saturated heterocycles. The number of carbonyl (C=O) groups is 1.